The fourth-order valence-electron chi connectivity index (χ4n) is 1.93. The maximum atomic E-state index is 11.2. The molecular weight excluding hydrogens is 292 g/mol. The molecule has 1 N–H and O–H groups in total. The van der Waals surface area contributed by atoms with Gasteiger partial charge in [0, 0.05) is 17.8 Å². The van der Waals surface area contributed by atoms with Gasteiger partial charge < -0.3 is 9.84 Å². The molecule has 2 heterocycles. The number of hydrogen-bond donors (Lipinski definition) is 1. The van der Waals surface area contributed by atoms with E-state index in [1.54, 1.807) is 24.4 Å². The summed E-state index contributed by atoms with van der Waals surface area (Å²) in [6.07, 6.45) is 3.08. The number of rotatable bonds is 3. The van der Waals surface area contributed by atoms with Crippen LogP contribution >= 0.6 is 11.6 Å². The molecule has 0 unspecified atom stereocenters. The molecule has 0 aliphatic rings. The first-order valence-electron chi connectivity index (χ1n) is 6.06. The Bertz CT molecular complexity index is 836. The first kappa shape index (κ1) is 13.3. The molecule has 0 bridgehead atoms. The number of carboxylic acid groups (broad SMARTS) is 1. The van der Waals surface area contributed by atoms with Crippen molar-refractivity contribution in [1.82, 2.24) is 9.97 Å². The number of hydrogen-bond acceptors (Lipinski definition) is 4. The van der Waals surface area contributed by atoms with Crippen LogP contribution in [0.2, 0.25) is 5.02 Å². The van der Waals surface area contributed by atoms with Crippen molar-refractivity contribution in [2.45, 2.75) is 0 Å². The Morgan fingerprint density at radius 2 is 1.86 bits per heavy atom. The molecule has 0 saturated heterocycles. The predicted molar refractivity (Wildman–Crippen MR) is 78.0 cm³/mol. The quantitative estimate of drug-likeness (QED) is 0.797. The maximum absolute atomic E-state index is 11.2. The molecule has 0 amide bonds. The van der Waals surface area contributed by atoms with E-state index in [0.717, 1.165) is 5.39 Å². The molecule has 2 aromatic heterocycles. The average Bonchev–Trinajstić information content (AvgIpc) is 2.51. The minimum absolute atomic E-state index is 0.0132. The van der Waals surface area contributed by atoms with Crippen molar-refractivity contribution in [3.8, 4) is 11.6 Å². The molecular formula is C15H9ClN2O3. The minimum atomic E-state index is -1.11. The highest BCUT2D eigenvalue weighted by molar-refractivity contribution is 6.35. The third kappa shape index (κ3) is 2.51. The number of carbonyl (C=O) groups is 1. The van der Waals surface area contributed by atoms with Crippen LogP contribution in [0.5, 0.6) is 11.6 Å². The molecule has 0 saturated carbocycles. The lowest BCUT2D eigenvalue weighted by Gasteiger charge is -2.10. The van der Waals surface area contributed by atoms with Crippen LogP contribution < -0.4 is 4.74 Å². The van der Waals surface area contributed by atoms with Gasteiger partial charge in [0.15, 0.2) is 5.75 Å². The Hall–Kier alpha value is -2.66. The van der Waals surface area contributed by atoms with Gasteiger partial charge in [0.1, 0.15) is 11.1 Å². The fourth-order valence-corrected chi connectivity index (χ4v) is 2.15. The van der Waals surface area contributed by atoms with Gasteiger partial charge >= 0.3 is 5.97 Å². The van der Waals surface area contributed by atoms with Gasteiger partial charge in [-0.2, -0.15) is 0 Å². The van der Waals surface area contributed by atoms with Crippen LogP contribution in [-0.4, -0.2) is 21.0 Å². The lowest BCUT2D eigenvalue weighted by Crippen LogP contribution is -2.01. The normalized spacial score (nSPS) is 10.5. The van der Waals surface area contributed by atoms with Crippen LogP contribution in [0.15, 0.2) is 48.8 Å². The maximum Gasteiger partial charge on any atom is 0.341 e. The SMILES string of the molecule is O=C(O)c1cccnc1Oc1ccc(Cl)c2cccnc12. The number of aromatic nitrogens is 2. The van der Waals surface area contributed by atoms with E-state index in [2.05, 4.69) is 9.97 Å². The highest BCUT2D eigenvalue weighted by atomic mass is 35.5. The highest BCUT2D eigenvalue weighted by Crippen LogP contribution is 2.32. The topological polar surface area (TPSA) is 72.3 Å². The van der Waals surface area contributed by atoms with E-state index in [9.17, 15) is 4.79 Å². The Morgan fingerprint density at radius 3 is 2.67 bits per heavy atom. The van der Waals surface area contributed by atoms with Crippen molar-refractivity contribution in [3.63, 3.8) is 0 Å². The molecule has 104 valence electrons. The Labute approximate surface area is 124 Å². The Balaban J connectivity index is 2.11. The number of aromatic carboxylic acids is 1. The molecule has 0 aliphatic heterocycles. The first-order chi connectivity index (χ1) is 10.2. The second kappa shape index (κ2) is 5.38. The van der Waals surface area contributed by atoms with Gasteiger partial charge in [0.2, 0.25) is 5.88 Å². The van der Waals surface area contributed by atoms with Crippen LogP contribution in [0.25, 0.3) is 10.9 Å². The zero-order chi connectivity index (χ0) is 14.8. The number of halogens is 1. The highest BCUT2D eigenvalue weighted by Gasteiger charge is 2.15. The van der Waals surface area contributed by atoms with Crippen LogP contribution in [-0.2, 0) is 0 Å². The van der Waals surface area contributed by atoms with E-state index in [1.165, 1.54) is 18.3 Å². The summed E-state index contributed by atoms with van der Waals surface area (Å²) >= 11 is 6.11. The van der Waals surface area contributed by atoms with Gasteiger partial charge in [-0.3, -0.25) is 4.98 Å². The van der Waals surface area contributed by atoms with Crippen LogP contribution in [0.4, 0.5) is 0 Å². The summed E-state index contributed by atoms with van der Waals surface area (Å²) in [7, 11) is 0. The molecule has 3 rings (SSSR count). The monoisotopic (exact) mass is 300 g/mol. The van der Waals surface area contributed by atoms with E-state index in [0.29, 0.717) is 16.3 Å². The number of nitrogens with zero attached hydrogens (tertiary/aromatic N) is 2. The van der Waals surface area contributed by atoms with Gasteiger partial charge in [-0.25, -0.2) is 9.78 Å². The zero-order valence-electron chi connectivity index (χ0n) is 10.7. The van der Waals surface area contributed by atoms with E-state index in [4.69, 9.17) is 21.4 Å². The molecule has 5 nitrogen and oxygen atoms in total. The van der Waals surface area contributed by atoms with Crippen molar-refractivity contribution in [3.05, 3.63) is 59.4 Å². The van der Waals surface area contributed by atoms with Crippen molar-refractivity contribution < 1.29 is 14.6 Å². The van der Waals surface area contributed by atoms with E-state index in [-0.39, 0.29) is 11.4 Å². The summed E-state index contributed by atoms with van der Waals surface area (Å²) in [5.74, 6) is -0.695. The second-order valence-corrected chi connectivity index (χ2v) is 4.62. The Kier molecular flexibility index (Phi) is 3.41. The molecule has 6 heteroatoms. The van der Waals surface area contributed by atoms with Crippen molar-refractivity contribution in [2.24, 2.45) is 0 Å². The molecule has 0 spiro atoms. The van der Waals surface area contributed by atoms with E-state index in [1.807, 2.05) is 6.07 Å². The van der Waals surface area contributed by atoms with Crippen molar-refractivity contribution >= 4 is 28.5 Å². The molecule has 0 atom stereocenters. The molecule has 21 heavy (non-hydrogen) atoms. The fraction of sp³-hybridized carbons (Fsp3) is 0. The van der Waals surface area contributed by atoms with Gasteiger partial charge in [0.25, 0.3) is 0 Å². The van der Waals surface area contributed by atoms with Gasteiger partial charge in [-0.15, -0.1) is 0 Å². The van der Waals surface area contributed by atoms with Crippen LogP contribution in [0, 0.1) is 0 Å². The number of carboxylic acids is 1. The third-order valence-corrected chi connectivity index (χ3v) is 3.22. The van der Waals surface area contributed by atoms with Crippen molar-refractivity contribution in [2.75, 3.05) is 0 Å². The van der Waals surface area contributed by atoms with Gasteiger partial charge in [0.05, 0.1) is 5.02 Å². The summed E-state index contributed by atoms with van der Waals surface area (Å²) in [4.78, 5) is 19.4. The summed E-state index contributed by atoms with van der Waals surface area (Å²) in [6, 6.07) is 9.85. The summed E-state index contributed by atoms with van der Waals surface area (Å²) in [6.45, 7) is 0. The summed E-state index contributed by atoms with van der Waals surface area (Å²) in [5.41, 5.74) is 0.531. The standard InChI is InChI=1S/C15H9ClN2O3/c16-11-5-6-12(13-9(11)3-1-7-17-13)21-14-10(15(19)20)4-2-8-18-14/h1-8H,(H,19,20). The van der Waals surface area contributed by atoms with Gasteiger partial charge in [-0.05, 0) is 36.4 Å². The number of pyridine rings is 2. The van der Waals surface area contributed by atoms with Crippen molar-refractivity contribution in [1.29, 1.82) is 0 Å². The van der Waals surface area contributed by atoms with Gasteiger partial charge in [-0.1, -0.05) is 11.6 Å². The molecule has 0 radical (unpaired) electrons. The number of benzene rings is 1. The molecule has 1 aromatic carbocycles. The lowest BCUT2D eigenvalue weighted by molar-refractivity contribution is 0.0693. The van der Waals surface area contributed by atoms with Crippen LogP contribution in [0.1, 0.15) is 10.4 Å². The Morgan fingerprint density at radius 1 is 1.10 bits per heavy atom. The first-order valence-corrected chi connectivity index (χ1v) is 6.44. The van der Waals surface area contributed by atoms with Crippen LogP contribution in [0.3, 0.4) is 0 Å². The van der Waals surface area contributed by atoms with E-state index >= 15 is 0 Å². The zero-order valence-corrected chi connectivity index (χ0v) is 11.4. The number of fused-ring (bicyclic) bond motifs is 1. The second-order valence-electron chi connectivity index (χ2n) is 4.21. The third-order valence-electron chi connectivity index (χ3n) is 2.89. The largest absolute Gasteiger partial charge is 0.477 e. The van der Waals surface area contributed by atoms with E-state index < -0.39 is 5.97 Å². The minimum Gasteiger partial charge on any atom is -0.477 e. The lowest BCUT2D eigenvalue weighted by atomic mass is 10.2. The average molecular weight is 301 g/mol. The molecule has 0 fully saturated rings. The smallest absolute Gasteiger partial charge is 0.341 e. The molecule has 3 aromatic rings. The predicted octanol–water partition coefficient (Wildman–Crippen LogP) is 3.77. The molecule has 0 aliphatic carbocycles. The number of ether oxygens (including phenoxy) is 1. The summed E-state index contributed by atoms with van der Waals surface area (Å²) in [5, 5.41) is 10.4. The summed E-state index contributed by atoms with van der Waals surface area (Å²) < 4.78 is 5.63.